The number of aromatic nitrogens is 5. The van der Waals surface area contributed by atoms with Crippen LogP contribution < -0.4 is 10.6 Å². The molecule has 1 saturated carbocycles. The number of nitrogens with one attached hydrogen (secondary N) is 3. The number of hydrogen-bond acceptors (Lipinski definition) is 6. The maximum atomic E-state index is 6.99. The average molecular weight is 346 g/mol. The standard InChI is InChI=1S/C18H18N8/c1-11-21-17(20-10-12-3-7-14(19-2)8-4-12)24-18(22-11)23-16-9-15(25-26-16)13-5-6-13/h3-4,7-9,13H,5-6,10H2,1H3,(H3,20,21,22,23,24,25,26). The van der Waals surface area contributed by atoms with Crippen LogP contribution in [0.1, 0.15) is 35.8 Å². The molecule has 0 saturated heterocycles. The van der Waals surface area contributed by atoms with Gasteiger partial charge < -0.3 is 10.6 Å². The number of hydrogen-bond donors (Lipinski definition) is 3. The first kappa shape index (κ1) is 16.0. The molecular weight excluding hydrogens is 328 g/mol. The molecular formula is C18H18N8. The maximum absolute atomic E-state index is 6.99. The molecule has 26 heavy (non-hydrogen) atoms. The van der Waals surface area contributed by atoms with E-state index in [1.807, 2.05) is 25.1 Å². The SMILES string of the molecule is [C-]#[N+]c1ccc(CNc2nc(C)nc(Nc3cc(C4CC4)[nH]n3)n2)cc1. The van der Waals surface area contributed by atoms with Crippen molar-refractivity contribution in [3.05, 3.63) is 58.8 Å². The predicted molar refractivity (Wildman–Crippen MR) is 98.4 cm³/mol. The predicted octanol–water partition coefficient (Wildman–Crippen LogP) is 3.69. The van der Waals surface area contributed by atoms with Crippen molar-refractivity contribution in [2.24, 2.45) is 0 Å². The monoisotopic (exact) mass is 346 g/mol. The Bertz CT molecular complexity index is 950. The van der Waals surface area contributed by atoms with Gasteiger partial charge in [-0.15, -0.1) is 0 Å². The Balaban J connectivity index is 1.43. The molecule has 0 aliphatic heterocycles. The summed E-state index contributed by atoms with van der Waals surface area (Å²) in [5.41, 5.74) is 2.83. The van der Waals surface area contributed by atoms with E-state index < -0.39 is 0 Å². The summed E-state index contributed by atoms with van der Waals surface area (Å²) in [4.78, 5) is 16.4. The molecule has 2 aromatic heterocycles. The second kappa shape index (κ2) is 6.80. The topological polar surface area (TPSA) is 95.8 Å². The van der Waals surface area contributed by atoms with Crippen LogP contribution in [0, 0.1) is 13.5 Å². The average Bonchev–Trinajstić information content (AvgIpc) is 3.40. The van der Waals surface area contributed by atoms with E-state index in [9.17, 15) is 0 Å². The molecule has 0 unspecified atom stereocenters. The van der Waals surface area contributed by atoms with Crippen molar-refractivity contribution in [3.63, 3.8) is 0 Å². The Labute approximate surface area is 150 Å². The zero-order chi connectivity index (χ0) is 17.9. The van der Waals surface area contributed by atoms with Crippen LogP contribution in [-0.2, 0) is 6.54 Å². The molecule has 4 rings (SSSR count). The fraction of sp³-hybridized carbons (Fsp3) is 0.278. The van der Waals surface area contributed by atoms with Gasteiger partial charge in [0, 0.05) is 24.2 Å². The van der Waals surface area contributed by atoms with E-state index in [-0.39, 0.29) is 0 Å². The number of rotatable bonds is 6. The van der Waals surface area contributed by atoms with Crippen LogP contribution in [0.15, 0.2) is 30.3 Å². The molecule has 1 aliphatic rings. The van der Waals surface area contributed by atoms with E-state index in [2.05, 4.69) is 40.6 Å². The first-order valence-corrected chi connectivity index (χ1v) is 8.45. The highest BCUT2D eigenvalue weighted by atomic mass is 15.3. The van der Waals surface area contributed by atoms with Gasteiger partial charge in [0.1, 0.15) is 5.82 Å². The second-order valence-corrected chi connectivity index (χ2v) is 6.27. The van der Waals surface area contributed by atoms with Crippen LogP contribution >= 0.6 is 0 Å². The molecule has 1 fully saturated rings. The smallest absolute Gasteiger partial charge is 0.233 e. The van der Waals surface area contributed by atoms with Gasteiger partial charge in [0.2, 0.25) is 11.9 Å². The molecule has 0 atom stereocenters. The van der Waals surface area contributed by atoms with E-state index in [4.69, 9.17) is 6.57 Å². The van der Waals surface area contributed by atoms with Gasteiger partial charge in [-0.05, 0) is 25.3 Å². The number of H-pyrrole nitrogens is 1. The third kappa shape index (κ3) is 3.78. The Morgan fingerprint density at radius 1 is 1.15 bits per heavy atom. The molecule has 8 heteroatoms. The summed E-state index contributed by atoms with van der Waals surface area (Å²) in [7, 11) is 0. The molecule has 8 nitrogen and oxygen atoms in total. The fourth-order valence-electron chi connectivity index (χ4n) is 2.60. The van der Waals surface area contributed by atoms with Gasteiger partial charge in [-0.1, -0.05) is 24.3 Å². The maximum Gasteiger partial charge on any atom is 0.233 e. The molecule has 1 aromatic carbocycles. The molecule has 130 valence electrons. The number of aromatic amines is 1. The fourth-order valence-corrected chi connectivity index (χ4v) is 2.60. The van der Waals surface area contributed by atoms with Crippen molar-refractivity contribution in [2.75, 3.05) is 10.6 Å². The summed E-state index contributed by atoms with van der Waals surface area (Å²) >= 11 is 0. The summed E-state index contributed by atoms with van der Waals surface area (Å²) < 4.78 is 0. The Kier molecular flexibility index (Phi) is 4.19. The Morgan fingerprint density at radius 3 is 2.65 bits per heavy atom. The summed E-state index contributed by atoms with van der Waals surface area (Å²) in [6.07, 6.45) is 2.44. The van der Waals surface area contributed by atoms with Crippen molar-refractivity contribution >= 4 is 23.4 Å². The Hall–Kier alpha value is -3.47. The lowest BCUT2D eigenvalue weighted by Gasteiger charge is -2.08. The second-order valence-electron chi connectivity index (χ2n) is 6.27. The molecule has 0 radical (unpaired) electrons. The lowest BCUT2D eigenvalue weighted by molar-refractivity contribution is 0.949. The molecule has 2 heterocycles. The van der Waals surface area contributed by atoms with Gasteiger partial charge >= 0.3 is 0 Å². The third-order valence-electron chi connectivity index (χ3n) is 4.12. The van der Waals surface area contributed by atoms with Crippen molar-refractivity contribution < 1.29 is 0 Å². The van der Waals surface area contributed by atoms with Crippen LogP contribution in [0.5, 0.6) is 0 Å². The molecule has 1 aliphatic carbocycles. The van der Waals surface area contributed by atoms with Crippen molar-refractivity contribution in [2.45, 2.75) is 32.2 Å². The van der Waals surface area contributed by atoms with E-state index in [1.165, 1.54) is 12.8 Å². The van der Waals surface area contributed by atoms with Crippen LogP contribution in [0.2, 0.25) is 0 Å². The summed E-state index contributed by atoms with van der Waals surface area (Å²) in [5.74, 6) is 2.89. The van der Waals surface area contributed by atoms with Crippen LogP contribution in [-0.4, -0.2) is 25.1 Å². The first-order valence-electron chi connectivity index (χ1n) is 8.45. The van der Waals surface area contributed by atoms with E-state index >= 15 is 0 Å². The van der Waals surface area contributed by atoms with Gasteiger partial charge in [-0.2, -0.15) is 20.1 Å². The molecule has 0 spiro atoms. The molecule has 3 aromatic rings. The molecule has 0 bridgehead atoms. The van der Waals surface area contributed by atoms with E-state index in [0.29, 0.717) is 41.7 Å². The minimum absolute atomic E-state index is 0.456. The van der Waals surface area contributed by atoms with E-state index in [1.54, 1.807) is 12.1 Å². The van der Waals surface area contributed by atoms with Gasteiger partial charge in [-0.3, -0.25) is 5.10 Å². The number of aryl methyl sites for hydroxylation is 1. The zero-order valence-electron chi connectivity index (χ0n) is 14.3. The highest BCUT2D eigenvalue weighted by Gasteiger charge is 2.25. The minimum Gasteiger partial charge on any atom is -0.350 e. The van der Waals surface area contributed by atoms with Crippen molar-refractivity contribution in [1.29, 1.82) is 0 Å². The normalized spacial score (nSPS) is 13.2. The van der Waals surface area contributed by atoms with Crippen molar-refractivity contribution in [3.8, 4) is 0 Å². The minimum atomic E-state index is 0.456. The van der Waals surface area contributed by atoms with Crippen molar-refractivity contribution in [1.82, 2.24) is 25.1 Å². The lowest BCUT2D eigenvalue weighted by Crippen LogP contribution is -2.08. The molecule has 3 N–H and O–H groups in total. The van der Waals surface area contributed by atoms with Gasteiger partial charge in [0.05, 0.1) is 6.57 Å². The van der Waals surface area contributed by atoms with Crippen LogP contribution in [0.3, 0.4) is 0 Å². The summed E-state index contributed by atoms with van der Waals surface area (Å²) in [5, 5.41) is 13.6. The molecule has 0 amide bonds. The van der Waals surface area contributed by atoms with E-state index in [0.717, 1.165) is 11.3 Å². The van der Waals surface area contributed by atoms with Gasteiger partial charge in [-0.25, -0.2) is 4.85 Å². The van der Waals surface area contributed by atoms with Gasteiger partial charge in [0.25, 0.3) is 0 Å². The largest absolute Gasteiger partial charge is 0.350 e. The highest BCUT2D eigenvalue weighted by molar-refractivity contribution is 5.50. The number of nitrogens with zero attached hydrogens (tertiary/aromatic N) is 5. The zero-order valence-corrected chi connectivity index (χ0v) is 14.3. The number of anilines is 3. The first-order chi connectivity index (χ1) is 12.7. The number of benzene rings is 1. The third-order valence-corrected chi connectivity index (χ3v) is 4.12. The van der Waals surface area contributed by atoms with Crippen LogP contribution in [0.4, 0.5) is 23.4 Å². The highest BCUT2D eigenvalue weighted by Crippen LogP contribution is 2.39. The quantitative estimate of drug-likeness (QED) is 0.589. The summed E-state index contributed by atoms with van der Waals surface area (Å²) in [6.45, 7) is 9.37. The van der Waals surface area contributed by atoms with Gasteiger partial charge in [0.15, 0.2) is 11.5 Å². The van der Waals surface area contributed by atoms with Crippen LogP contribution in [0.25, 0.3) is 4.85 Å². The Morgan fingerprint density at radius 2 is 1.92 bits per heavy atom. The summed E-state index contributed by atoms with van der Waals surface area (Å²) in [6, 6.07) is 9.42. The lowest BCUT2D eigenvalue weighted by atomic mass is 10.2.